The molecule has 2 aliphatic rings. The van der Waals surface area contributed by atoms with Crippen molar-refractivity contribution in [3.63, 3.8) is 0 Å². The molecule has 7 nitrogen and oxygen atoms in total. The minimum Gasteiger partial charge on any atom is -0.350 e. The van der Waals surface area contributed by atoms with E-state index in [-0.39, 0.29) is 30.2 Å². The van der Waals surface area contributed by atoms with Crippen LogP contribution in [0.15, 0.2) is 95.9 Å². The number of carbonyl (C=O) groups excluding carboxylic acids is 2. The van der Waals surface area contributed by atoms with Crippen molar-refractivity contribution >= 4 is 33.2 Å². The number of alkyl halides is 3. The van der Waals surface area contributed by atoms with Gasteiger partial charge in [0.25, 0.3) is 10.0 Å². The zero-order chi connectivity index (χ0) is 29.6. The Kier molecular flexibility index (Phi) is 6.77. The Hall–Kier alpha value is -4.64. The third kappa shape index (κ3) is 5.00. The van der Waals surface area contributed by atoms with E-state index >= 15 is 0 Å². The molecular formula is C31H24F3N3O4S. The lowest BCUT2D eigenvalue weighted by molar-refractivity contribution is -0.137. The topological polar surface area (TPSA) is 95.6 Å². The van der Waals surface area contributed by atoms with E-state index in [0.717, 1.165) is 22.0 Å². The Labute approximate surface area is 240 Å². The van der Waals surface area contributed by atoms with E-state index < -0.39 is 33.7 Å². The summed E-state index contributed by atoms with van der Waals surface area (Å²) in [5.74, 6) is -0.636. The second-order valence-electron chi connectivity index (χ2n) is 10.1. The fraction of sp³-hybridized carbons (Fsp3) is 0.161. The van der Waals surface area contributed by atoms with Crippen LogP contribution in [0.2, 0.25) is 0 Å². The van der Waals surface area contributed by atoms with E-state index in [1.54, 1.807) is 36.4 Å². The third-order valence-electron chi connectivity index (χ3n) is 7.47. The van der Waals surface area contributed by atoms with E-state index in [1.165, 1.54) is 36.4 Å². The number of fused-ring (bicyclic) bond motifs is 2. The monoisotopic (exact) mass is 591 g/mol. The lowest BCUT2D eigenvalue weighted by Crippen LogP contribution is -2.47. The van der Waals surface area contributed by atoms with Gasteiger partial charge in [-0.25, -0.2) is 8.42 Å². The minimum atomic E-state index is -4.51. The summed E-state index contributed by atoms with van der Waals surface area (Å²) < 4.78 is 68.6. The van der Waals surface area contributed by atoms with Gasteiger partial charge in [-0.2, -0.15) is 13.2 Å². The molecule has 2 amide bonds. The van der Waals surface area contributed by atoms with Crippen molar-refractivity contribution in [2.75, 3.05) is 9.62 Å². The highest BCUT2D eigenvalue weighted by Gasteiger charge is 2.42. The number of halogens is 3. The average molecular weight is 592 g/mol. The van der Waals surface area contributed by atoms with Crippen molar-refractivity contribution in [3.8, 4) is 11.1 Å². The zero-order valence-electron chi connectivity index (χ0n) is 22.0. The smallest absolute Gasteiger partial charge is 0.350 e. The van der Waals surface area contributed by atoms with Gasteiger partial charge in [0, 0.05) is 18.7 Å². The maximum absolute atomic E-state index is 14.0. The lowest BCUT2D eigenvalue weighted by Gasteiger charge is -2.26. The van der Waals surface area contributed by atoms with Gasteiger partial charge in [0.1, 0.15) is 6.04 Å². The van der Waals surface area contributed by atoms with Crippen LogP contribution in [0.25, 0.3) is 11.1 Å². The van der Waals surface area contributed by atoms with Crippen molar-refractivity contribution in [3.05, 3.63) is 113 Å². The molecule has 0 aliphatic carbocycles. The van der Waals surface area contributed by atoms with Gasteiger partial charge in [-0.15, -0.1) is 0 Å². The highest BCUT2D eigenvalue weighted by Crippen LogP contribution is 2.38. The number of amides is 2. The number of para-hydroxylation sites is 2. The molecule has 11 heteroatoms. The summed E-state index contributed by atoms with van der Waals surface area (Å²) >= 11 is 0. The van der Waals surface area contributed by atoms with Gasteiger partial charge in [0.15, 0.2) is 0 Å². The molecule has 4 aromatic carbocycles. The summed E-state index contributed by atoms with van der Waals surface area (Å²) in [5, 5.41) is 5.64. The summed E-state index contributed by atoms with van der Waals surface area (Å²) in [4.78, 5) is 25.2. The molecular weight excluding hydrogens is 567 g/mol. The number of anilines is 2. The summed E-state index contributed by atoms with van der Waals surface area (Å²) in [5.41, 5.74) is 3.17. The number of hydrogen-bond acceptors (Lipinski definition) is 4. The van der Waals surface area contributed by atoms with Gasteiger partial charge in [-0.1, -0.05) is 60.7 Å². The molecule has 0 spiro atoms. The number of nitrogens with zero attached hydrogens (tertiary/aromatic N) is 1. The van der Waals surface area contributed by atoms with Crippen molar-refractivity contribution in [2.24, 2.45) is 0 Å². The number of sulfonamides is 1. The third-order valence-corrected chi connectivity index (χ3v) is 9.30. The molecule has 0 fully saturated rings. The fourth-order valence-corrected chi connectivity index (χ4v) is 7.08. The molecule has 0 aromatic heterocycles. The number of nitrogens with one attached hydrogen (secondary N) is 2. The van der Waals surface area contributed by atoms with Crippen LogP contribution in [-0.4, -0.2) is 26.3 Å². The Bertz CT molecular complexity index is 1820. The van der Waals surface area contributed by atoms with Crippen LogP contribution in [0.5, 0.6) is 0 Å². The van der Waals surface area contributed by atoms with Crippen molar-refractivity contribution in [1.29, 1.82) is 0 Å². The second kappa shape index (κ2) is 10.3. The molecule has 0 radical (unpaired) electrons. The molecule has 42 heavy (non-hydrogen) atoms. The molecule has 0 bridgehead atoms. The molecule has 0 saturated carbocycles. The zero-order valence-corrected chi connectivity index (χ0v) is 22.8. The number of benzene rings is 4. The maximum atomic E-state index is 14.0. The quantitative estimate of drug-likeness (QED) is 0.318. The highest BCUT2D eigenvalue weighted by atomic mass is 32.2. The average Bonchev–Trinajstić information content (AvgIpc) is 3.56. The van der Waals surface area contributed by atoms with Crippen LogP contribution < -0.4 is 14.9 Å². The Morgan fingerprint density at radius 3 is 2.38 bits per heavy atom. The summed E-state index contributed by atoms with van der Waals surface area (Å²) in [6.45, 7) is 0.0920. The standard InChI is InChI=1S/C31H24F3N3O4S/c32-31(33,34)24-9-4-6-20(15-24)19-11-13-25(14-12-19)42(40,41)37-26-10-2-1-5-21(26)16-27(37)30(39)35-18-23-8-3-7-22-17-28(38)36-29(22)23/h1-15,27H,16-18H2,(H,35,39)(H,36,38)/t27-/m0/s1. The summed E-state index contributed by atoms with van der Waals surface area (Å²) in [7, 11) is -4.24. The van der Waals surface area contributed by atoms with E-state index in [0.29, 0.717) is 33.6 Å². The van der Waals surface area contributed by atoms with E-state index in [2.05, 4.69) is 10.6 Å². The summed E-state index contributed by atoms with van der Waals surface area (Å²) in [6, 6.07) is 21.6. The first-order valence-corrected chi connectivity index (χ1v) is 14.5. The Morgan fingerprint density at radius 2 is 1.62 bits per heavy atom. The van der Waals surface area contributed by atoms with Gasteiger partial charge >= 0.3 is 6.18 Å². The van der Waals surface area contributed by atoms with Gasteiger partial charge < -0.3 is 10.6 Å². The predicted octanol–water partition coefficient (Wildman–Crippen LogP) is 5.30. The van der Waals surface area contributed by atoms with Gasteiger partial charge in [0.05, 0.1) is 22.6 Å². The first-order valence-electron chi connectivity index (χ1n) is 13.1. The number of carbonyl (C=O) groups is 2. The Morgan fingerprint density at radius 1 is 0.905 bits per heavy atom. The first kappa shape index (κ1) is 27.5. The van der Waals surface area contributed by atoms with Crippen LogP contribution in [0.1, 0.15) is 22.3 Å². The van der Waals surface area contributed by atoms with Crippen molar-refractivity contribution in [1.82, 2.24) is 5.32 Å². The van der Waals surface area contributed by atoms with Gasteiger partial charge in [-0.05, 0) is 58.1 Å². The van der Waals surface area contributed by atoms with Crippen LogP contribution in [0.3, 0.4) is 0 Å². The molecule has 2 aliphatic heterocycles. The molecule has 6 rings (SSSR count). The highest BCUT2D eigenvalue weighted by molar-refractivity contribution is 7.93. The Balaban J connectivity index is 1.27. The molecule has 2 heterocycles. The number of rotatable bonds is 6. The van der Waals surface area contributed by atoms with E-state index in [4.69, 9.17) is 0 Å². The van der Waals surface area contributed by atoms with Gasteiger partial charge in [0.2, 0.25) is 11.8 Å². The predicted molar refractivity (Wildman–Crippen MR) is 151 cm³/mol. The molecule has 2 N–H and O–H groups in total. The largest absolute Gasteiger partial charge is 0.416 e. The number of hydrogen-bond donors (Lipinski definition) is 2. The molecule has 0 saturated heterocycles. The SMILES string of the molecule is O=C1Cc2cccc(CNC(=O)[C@@H]3Cc4ccccc4N3S(=O)(=O)c3ccc(-c4cccc(C(F)(F)F)c4)cc3)c2N1. The molecule has 4 aromatic rings. The summed E-state index contributed by atoms with van der Waals surface area (Å²) in [6.07, 6.45) is -4.09. The second-order valence-corrected chi connectivity index (χ2v) is 12.0. The van der Waals surface area contributed by atoms with Crippen molar-refractivity contribution < 1.29 is 31.2 Å². The van der Waals surface area contributed by atoms with E-state index in [1.807, 2.05) is 6.07 Å². The lowest BCUT2D eigenvalue weighted by atomic mass is 10.0. The fourth-order valence-electron chi connectivity index (χ4n) is 5.43. The van der Waals surface area contributed by atoms with E-state index in [9.17, 15) is 31.2 Å². The van der Waals surface area contributed by atoms with Crippen LogP contribution in [-0.2, 0) is 45.2 Å². The van der Waals surface area contributed by atoms with Crippen LogP contribution >= 0.6 is 0 Å². The van der Waals surface area contributed by atoms with Gasteiger partial charge in [-0.3, -0.25) is 13.9 Å². The molecule has 1 atom stereocenters. The first-order chi connectivity index (χ1) is 20.0. The maximum Gasteiger partial charge on any atom is 0.416 e. The van der Waals surface area contributed by atoms with Crippen LogP contribution in [0.4, 0.5) is 24.5 Å². The van der Waals surface area contributed by atoms with Crippen molar-refractivity contribution in [2.45, 2.75) is 36.5 Å². The normalized spacial score (nSPS) is 16.1. The minimum absolute atomic E-state index is 0.0920. The molecule has 214 valence electrons. The molecule has 0 unspecified atom stereocenters. The van der Waals surface area contributed by atoms with Crippen LogP contribution in [0, 0.1) is 0 Å².